The largest absolute Gasteiger partial charge is 0.497 e. The van der Waals surface area contributed by atoms with Gasteiger partial charge in [-0.05, 0) is 55.4 Å². The number of benzene rings is 1. The van der Waals surface area contributed by atoms with Gasteiger partial charge in [-0.15, -0.1) is 0 Å². The molecule has 0 spiro atoms. The zero-order valence-electron chi connectivity index (χ0n) is 10.2. The van der Waals surface area contributed by atoms with E-state index in [1.807, 2.05) is 24.3 Å². The third-order valence-electron chi connectivity index (χ3n) is 4.45. The summed E-state index contributed by atoms with van der Waals surface area (Å²) >= 11 is 0. The van der Waals surface area contributed by atoms with Crippen molar-refractivity contribution in [2.75, 3.05) is 7.11 Å². The Kier molecular flexibility index (Phi) is 2.65. The second-order valence-electron chi connectivity index (χ2n) is 5.37. The standard InChI is InChI=1S/C15H18O2/c1-17-13-6-4-11(5-7-13)15(16)14-9-10-2-3-12(14)8-10/h4-7,10,12,14H,2-3,8-9H2,1H3. The van der Waals surface area contributed by atoms with Crippen LogP contribution in [0.3, 0.4) is 0 Å². The smallest absolute Gasteiger partial charge is 0.166 e. The summed E-state index contributed by atoms with van der Waals surface area (Å²) in [6.07, 6.45) is 5.01. The molecule has 3 unspecified atom stereocenters. The van der Waals surface area contributed by atoms with E-state index in [4.69, 9.17) is 4.74 Å². The lowest BCUT2D eigenvalue weighted by Gasteiger charge is -2.20. The molecule has 0 amide bonds. The average molecular weight is 230 g/mol. The fourth-order valence-corrected chi connectivity index (χ4v) is 3.54. The van der Waals surface area contributed by atoms with E-state index in [1.165, 1.54) is 19.3 Å². The van der Waals surface area contributed by atoms with Gasteiger partial charge in [-0.25, -0.2) is 0 Å². The predicted octanol–water partition coefficient (Wildman–Crippen LogP) is 3.31. The molecule has 0 aromatic heterocycles. The van der Waals surface area contributed by atoms with Crippen LogP contribution in [0.2, 0.25) is 0 Å². The van der Waals surface area contributed by atoms with Gasteiger partial charge in [0.25, 0.3) is 0 Å². The molecule has 2 heteroatoms. The van der Waals surface area contributed by atoms with E-state index in [1.54, 1.807) is 7.11 Å². The van der Waals surface area contributed by atoms with E-state index in [0.29, 0.717) is 17.6 Å². The third kappa shape index (κ3) is 1.86. The summed E-state index contributed by atoms with van der Waals surface area (Å²) in [5.74, 6) is 2.94. The topological polar surface area (TPSA) is 26.3 Å². The van der Waals surface area contributed by atoms with Crippen molar-refractivity contribution in [3.8, 4) is 5.75 Å². The first-order valence-electron chi connectivity index (χ1n) is 6.46. The summed E-state index contributed by atoms with van der Waals surface area (Å²) in [5, 5.41) is 0. The van der Waals surface area contributed by atoms with Crippen LogP contribution in [-0.4, -0.2) is 12.9 Å². The maximum absolute atomic E-state index is 12.4. The molecule has 2 saturated carbocycles. The molecule has 0 heterocycles. The number of methoxy groups -OCH3 is 1. The molecule has 0 radical (unpaired) electrons. The van der Waals surface area contributed by atoms with E-state index in [0.717, 1.165) is 23.7 Å². The molecule has 0 aliphatic heterocycles. The molecule has 2 aliphatic carbocycles. The maximum Gasteiger partial charge on any atom is 0.166 e. The second-order valence-corrected chi connectivity index (χ2v) is 5.37. The van der Waals surface area contributed by atoms with Crippen molar-refractivity contribution in [3.63, 3.8) is 0 Å². The fraction of sp³-hybridized carbons (Fsp3) is 0.533. The molecule has 3 atom stereocenters. The molecule has 2 fully saturated rings. The molecule has 1 aromatic carbocycles. The van der Waals surface area contributed by atoms with Crippen LogP contribution in [0, 0.1) is 17.8 Å². The number of rotatable bonds is 3. The summed E-state index contributed by atoms with van der Waals surface area (Å²) < 4.78 is 5.11. The highest BCUT2D eigenvalue weighted by Gasteiger charge is 2.42. The van der Waals surface area contributed by atoms with Crippen molar-refractivity contribution in [2.45, 2.75) is 25.7 Å². The van der Waals surface area contributed by atoms with Gasteiger partial charge in [-0.2, -0.15) is 0 Å². The minimum atomic E-state index is 0.294. The van der Waals surface area contributed by atoms with Gasteiger partial charge in [0.05, 0.1) is 7.11 Å². The first-order chi connectivity index (χ1) is 8.28. The van der Waals surface area contributed by atoms with Crippen molar-refractivity contribution in [2.24, 2.45) is 17.8 Å². The van der Waals surface area contributed by atoms with Crippen molar-refractivity contribution in [1.82, 2.24) is 0 Å². The highest BCUT2D eigenvalue weighted by atomic mass is 16.5. The number of fused-ring (bicyclic) bond motifs is 2. The Balaban J connectivity index is 1.77. The molecule has 0 saturated heterocycles. The summed E-state index contributed by atoms with van der Waals surface area (Å²) in [6.45, 7) is 0. The van der Waals surface area contributed by atoms with Gasteiger partial charge < -0.3 is 4.74 Å². The fourth-order valence-electron chi connectivity index (χ4n) is 3.54. The molecule has 3 rings (SSSR count). The number of hydrogen-bond acceptors (Lipinski definition) is 2. The van der Waals surface area contributed by atoms with Crippen molar-refractivity contribution in [3.05, 3.63) is 29.8 Å². The van der Waals surface area contributed by atoms with Crippen molar-refractivity contribution in [1.29, 1.82) is 0 Å². The Hall–Kier alpha value is -1.31. The number of carbonyl (C=O) groups is 1. The van der Waals surface area contributed by atoms with E-state index < -0.39 is 0 Å². The quantitative estimate of drug-likeness (QED) is 0.745. The summed E-state index contributed by atoms with van der Waals surface area (Å²) in [4.78, 5) is 12.4. The van der Waals surface area contributed by atoms with Crippen LogP contribution in [0.15, 0.2) is 24.3 Å². The molecule has 2 aliphatic rings. The minimum Gasteiger partial charge on any atom is -0.497 e. The van der Waals surface area contributed by atoms with Crippen LogP contribution in [0.4, 0.5) is 0 Å². The molecular weight excluding hydrogens is 212 g/mol. The third-order valence-corrected chi connectivity index (χ3v) is 4.45. The van der Waals surface area contributed by atoms with Gasteiger partial charge in [0.15, 0.2) is 5.78 Å². The van der Waals surface area contributed by atoms with Crippen LogP contribution < -0.4 is 4.74 Å². The molecule has 17 heavy (non-hydrogen) atoms. The normalized spacial score (nSPS) is 30.5. The molecular formula is C15H18O2. The number of Topliss-reactive ketones (excluding diaryl/α,β-unsaturated/α-hetero) is 1. The highest BCUT2D eigenvalue weighted by Crippen LogP contribution is 2.49. The lowest BCUT2D eigenvalue weighted by Crippen LogP contribution is -2.20. The van der Waals surface area contributed by atoms with Gasteiger partial charge in [0.2, 0.25) is 0 Å². The van der Waals surface area contributed by atoms with E-state index in [-0.39, 0.29) is 0 Å². The molecule has 90 valence electrons. The summed E-state index contributed by atoms with van der Waals surface area (Å²) in [5.41, 5.74) is 0.850. The Bertz CT molecular complexity index is 421. The lowest BCUT2D eigenvalue weighted by molar-refractivity contribution is 0.0874. The number of ether oxygens (including phenoxy) is 1. The van der Waals surface area contributed by atoms with E-state index in [9.17, 15) is 4.79 Å². The lowest BCUT2D eigenvalue weighted by atomic mass is 9.83. The Labute approximate surface area is 102 Å². The van der Waals surface area contributed by atoms with Gasteiger partial charge >= 0.3 is 0 Å². The van der Waals surface area contributed by atoms with Gasteiger partial charge in [0, 0.05) is 11.5 Å². The number of ketones is 1. The molecule has 2 bridgehead atoms. The van der Waals surface area contributed by atoms with E-state index >= 15 is 0 Å². The number of carbonyl (C=O) groups excluding carboxylic acids is 1. The zero-order valence-corrected chi connectivity index (χ0v) is 10.2. The predicted molar refractivity (Wildman–Crippen MR) is 66.3 cm³/mol. The minimum absolute atomic E-state index is 0.294. The van der Waals surface area contributed by atoms with Crippen LogP contribution in [0.25, 0.3) is 0 Å². The van der Waals surface area contributed by atoms with Gasteiger partial charge in [-0.3, -0.25) is 4.79 Å². The second kappa shape index (κ2) is 4.17. The molecule has 0 N–H and O–H groups in total. The summed E-state index contributed by atoms with van der Waals surface area (Å²) in [7, 11) is 1.65. The van der Waals surface area contributed by atoms with Gasteiger partial charge in [0.1, 0.15) is 5.75 Å². The van der Waals surface area contributed by atoms with Crippen LogP contribution in [0.1, 0.15) is 36.0 Å². The van der Waals surface area contributed by atoms with E-state index in [2.05, 4.69) is 0 Å². The van der Waals surface area contributed by atoms with Crippen LogP contribution >= 0.6 is 0 Å². The Morgan fingerprint density at radius 3 is 2.47 bits per heavy atom. The van der Waals surface area contributed by atoms with Crippen molar-refractivity contribution >= 4 is 5.78 Å². The maximum atomic E-state index is 12.4. The Morgan fingerprint density at radius 1 is 1.18 bits per heavy atom. The Morgan fingerprint density at radius 2 is 1.94 bits per heavy atom. The zero-order chi connectivity index (χ0) is 11.8. The van der Waals surface area contributed by atoms with Crippen molar-refractivity contribution < 1.29 is 9.53 Å². The number of hydrogen-bond donors (Lipinski definition) is 0. The van der Waals surface area contributed by atoms with Gasteiger partial charge in [-0.1, -0.05) is 6.42 Å². The van der Waals surface area contributed by atoms with Crippen LogP contribution in [-0.2, 0) is 0 Å². The SMILES string of the molecule is COc1ccc(C(=O)C2CC3CCC2C3)cc1. The highest BCUT2D eigenvalue weighted by molar-refractivity contribution is 5.98. The summed E-state index contributed by atoms with van der Waals surface area (Å²) in [6, 6.07) is 7.54. The molecule has 2 nitrogen and oxygen atoms in total. The first-order valence-corrected chi connectivity index (χ1v) is 6.46. The average Bonchev–Trinajstić information content (AvgIpc) is 3.00. The first kappa shape index (κ1) is 10.8. The van der Waals surface area contributed by atoms with Crippen LogP contribution in [0.5, 0.6) is 5.75 Å². The molecule has 1 aromatic rings. The monoisotopic (exact) mass is 230 g/mol.